The van der Waals surface area contributed by atoms with Crippen molar-refractivity contribution in [3.05, 3.63) is 47.5 Å². The molecule has 0 aliphatic rings. The number of hydrogen-bond donors (Lipinski definition) is 2. The number of carbonyl (C=O) groups is 1. The summed E-state index contributed by atoms with van der Waals surface area (Å²) in [6, 6.07) is 3.46. The van der Waals surface area contributed by atoms with Crippen LogP contribution in [-0.4, -0.2) is 15.9 Å². The molecule has 1 amide bonds. The molecular weight excluding hydrogens is 228 g/mol. The van der Waals surface area contributed by atoms with Crippen LogP contribution in [0.25, 0.3) is 0 Å². The van der Waals surface area contributed by atoms with Gasteiger partial charge >= 0.3 is 0 Å². The van der Waals surface area contributed by atoms with Gasteiger partial charge in [0.05, 0.1) is 35.0 Å². The van der Waals surface area contributed by atoms with Crippen molar-refractivity contribution in [1.29, 1.82) is 0 Å². The first kappa shape index (κ1) is 12.0. The van der Waals surface area contributed by atoms with E-state index >= 15 is 0 Å². The number of aryl methyl sites for hydroxylation is 2. The lowest BCUT2D eigenvalue weighted by molar-refractivity contribution is 0.102. The van der Waals surface area contributed by atoms with E-state index in [1.54, 1.807) is 25.4 Å². The van der Waals surface area contributed by atoms with Crippen LogP contribution in [-0.2, 0) is 0 Å². The van der Waals surface area contributed by atoms with Gasteiger partial charge in [-0.1, -0.05) is 0 Å². The standard InChI is InChI=1S/C13H14N4O/c1-8-3-11(7-15-5-8)17-13(18)12-4-10(14)6-16-9(12)2/h3-7H,14H2,1-2H3,(H,17,18). The van der Waals surface area contributed by atoms with Crippen molar-refractivity contribution in [3.63, 3.8) is 0 Å². The highest BCUT2D eigenvalue weighted by atomic mass is 16.1. The predicted molar refractivity (Wildman–Crippen MR) is 70.3 cm³/mol. The van der Waals surface area contributed by atoms with Crippen LogP contribution < -0.4 is 11.1 Å². The fourth-order valence-corrected chi connectivity index (χ4v) is 1.60. The first-order valence-corrected chi connectivity index (χ1v) is 5.51. The molecule has 0 spiro atoms. The lowest BCUT2D eigenvalue weighted by Crippen LogP contribution is -2.14. The quantitative estimate of drug-likeness (QED) is 0.843. The summed E-state index contributed by atoms with van der Waals surface area (Å²) in [5.41, 5.74) is 8.84. The molecule has 0 atom stereocenters. The second kappa shape index (κ2) is 4.83. The third kappa shape index (κ3) is 2.63. The van der Waals surface area contributed by atoms with Gasteiger partial charge in [-0.3, -0.25) is 14.8 Å². The lowest BCUT2D eigenvalue weighted by Gasteiger charge is -2.08. The van der Waals surface area contributed by atoms with Gasteiger partial charge in [-0.25, -0.2) is 0 Å². The number of pyridine rings is 2. The summed E-state index contributed by atoms with van der Waals surface area (Å²) in [6.45, 7) is 3.68. The van der Waals surface area contributed by atoms with E-state index in [0.29, 0.717) is 22.6 Å². The number of carbonyl (C=O) groups excluding carboxylic acids is 1. The normalized spacial score (nSPS) is 10.1. The van der Waals surface area contributed by atoms with E-state index in [-0.39, 0.29) is 5.91 Å². The molecule has 18 heavy (non-hydrogen) atoms. The Morgan fingerprint density at radius 1 is 1.22 bits per heavy atom. The number of rotatable bonds is 2. The molecule has 92 valence electrons. The Hall–Kier alpha value is -2.43. The zero-order valence-electron chi connectivity index (χ0n) is 10.3. The molecule has 3 N–H and O–H groups in total. The Labute approximate surface area is 105 Å². The summed E-state index contributed by atoms with van der Waals surface area (Å²) >= 11 is 0. The Kier molecular flexibility index (Phi) is 3.23. The predicted octanol–water partition coefficient (Wildman–Crippen LogP) is 1.93. The Bertz CT molecular complexity index is 595. The van der Waals surface area contributed by atoms with Gasteiger partial charge in [0.15, 0.2) is 0 Å². The van der Waals surface area contributed by atoms with Crippen LogP contribution in [0.4, 0.5) is 11.4 Å². The first-order chi connectivity index (χ1) is 8.56. The minimum atomic E-state index is -0.236. The molecule has 0 unspecified atom stereocenters. The molecule has 2 aromatic heterocycles. The smallest absolute Gasteiger partial charge is 0.257 e. The van der Waals surface area contributed by atoms with Crippen LogP contribution >= 0.6 is 0 Å². The minimum absolute atomic E-state index is 0.236. The monoisotopic (exact) mass is 242 g/mol. The molecule has 0 aliphatic carbocycles. The van der Waals surface area contributed by atoms with E-state index in [1.165, 1.54) is 6.20 Å². The Morgan fingerprint density at radius 3 is 2.72 bits per heavy atom. The number of nitrogens with one attached hydrogen (secondary N) is 1. The van der Waals surface area contributed by atoms with E-state index in [4.69, 9.17) is 5.73 Å². The lowest BCUT2D eigenvalue weighted by atomic mass is 10.1. The molecule has 5 nitrogen and oxygen atoms in total. The van der Waals surface area contributed by atoms with Gasteiger partial charge in [-0.05, 0) is 31.5 Å². The molecule has 0 bridgehead atoms. The topological polar surface area (TPSA) is 80.9 Å². The van der Waals surface area contributed by atoms with Gasteiger partial charge in [-0.2, -0.15) is 0 Å². The van der Waals surface area contributed by atoms with Gasteiger partial charge in [0, 0.05) is 6.20 Å². The summed E-state index contributed by atoms with van der Waals surface area (Å²) in [4.78, 5) is 20.1. The SMILES string of the molecule is Cc1cncc(NC(=O)c2cc(N)cnc2C)c1. The number of nitrogens with zero attached hydrogens (tertiary/aromatic N) is 2. The molecule has 0 saturated heterocycles. The van der Waals surface area contributed by atoms with E-state index < -0.39 is 0 Å². The average Bonchev–Trinajstić information content (AvgIpc) is 2.32. The molecule has 2 heterocycles. The number of nitrogen functional groups attached to an aromatic ring is 1. The zero-order valence-corrected chi connectivity index (χ0v) is 10.3. The molecule has 0 aromatic carbocycles. The van der Waals surface area contributed by atoms with E-state index in [1.807, 2.05) is 13.0 Å². The summed E-state index contributed by atoms with van der Waals surface area (Å²) in [5.74, 6) is -0.236. The van der Waals surface area contributed by atoms with Gasteiger partial charge in [0.25, 0.3) is 5.91 Å². The first-order valence-electron chi connectivity index (χ1n) is 5.51. The van der Waals surface area contributed by atoms with E-state index in [9.17, 15) is 4.79 Å². The van der Waals surface area contributed by atoms with Crippen molar-refractivity contribution in [1.82, 2.24) is 9.97 Å². The van der Waals surface area contributed by atoms with Gasteiger partial charge in [0.2, 0.25) is 0 Å². The molecular formula is C13H14N4O. The van der Waals surface area contributed by atoms with Crippen LogP contribution in [0.2, 0.25) is 0 Å². The number of amides is 1. The second-order valence-corrected chi connectivity index (χ2v) is 4.11. The third-order valence-electron chi connectivity index (χ3n) is 2.49. The summed E-state index contributed by atoms with van der Waals surface area (Å²) in [7, 11) is 0. The maximum atomic E-state index is 12.1. The van der Waals surface area contributed by atoms with Crippen molar-refractivity contribution in [2.24, 2.45) is 0 Å². The molecule has 0 fully saturated rings. The van der Waals surface area contributed by atoms with Crippen LogP contribution in [0.5, 0.6) is 0 Å². The molecule has 2 rings (SSSR count). The summed E-state index contributed by atoms with van der Waals surface area (Å²) in [5, 5.41) is 2.77. The largest absolute Gasteiger partial charge is 0.397 e. The fraction of sp³-hybridized carbons (Fsp3) is 0.154. The van der Waals surface area contributed by atoms with E-state index in [0.717, 1.165) is 5.56 Å². The molecule has 5 heteroatoms. The van der Waals surface area contributed by atoms with Gasteiger partial charge in [-0.15, -0.1) is 0 Å². The van der Waals surface area contributed by atoms with Crippen molar-refractivity contribution in [2.45, 2.75) is 13.8 Å². The van der Waals surface area contributed by atoms with E-state index in [2.05, 4.69) is 15.3 Å². The maximum absolute atomic E-state index is 12.1. The van der Waals surface area contributed by atoms with Crippen LogP contribution in [0.15, 0.2) is 30.7 Å². The van der Waals surface area contributed by atoms with Crippen molar-refractivity contribution in [2.75, 3.05) is 11.1 Å². The minimum Gasteiger partial charge on any atom is -0.397 e. The van der Waals surface area contributed by atoms with Crippen molar-refractivity contribution >= 4 is 17.3 Å². The third-order valence-corrected chi connectivity index (χ3v) is 2.49. The molecule has 0 saturated carbocycles. The summed E-state index contributed by atoms with van der Waals surface area (Å²) in [6.07, 6.45) is 4.85. The van der Waals surface area contributed by atoms with Crippen LogP contribution in [0.1, 0.15) is 21.6 Å². The Morgan fingerprint density at radius 2 is 2.00 bits per heavy atom. The molecule has 0 aliphatic heterocycles. The number of aromatic nitrogens is 2. The van der Waals surface area contributed by atoms with Gasteiger partial charge in [0.1, 0.15) is 0 Å². The molecule has 0 radical (unpaired) electrons. The highest BCUT2D eigenvalue weighted by Crippen LogP contribution is 2.13. The highest BCUT2D eigenvalue weighted by Gasteiger charge is 2.10. The van der Waals surface area contributed by atoms with Gasteiger partial charge < -0.3 is 11.1 Å². The molecule has 2 aromatic rings. The second-order valence-electron chi connectivity index (χ2n) is 4.11. The number of anilines is 2. The zero-order chi connectivity index (χ0) is 13.1. The van der Waals surface area contributed by atoms with Crippen molar-refractivity contribution in [3.8, 4) is 0 Å². The van der Waals surface area contributed by atoms with Crippen LogP contribution in [0, 0.1) is 13.8 Å². The number of nitrogens with two attached hydrogens (primary N) is 1. The number of hydrogen-bond acceptors (Lipinski definition) is 4. The maximum Gasteiger partial charge on any atom is 0.257 e. The summed E-state index contributed by atoms with van der Waals surface area (Å²) < 4.78 is 0. The fourth-order valence-electron chi connectivity index (χ4n) is 1.60. The van der Waals surface area contributed by atoms with Crippen molar-refractivity contribution < 1.29 is 4.79 Å². The Balaban J connectivity index is 2.24. The average molecular weight is 242 g/mol. The van der Waals surface area contributed by atoms with Crippen LogP contribution in [0.3, 0.4) is 0 Å². The highest BCUT2D eigenvalue weighted by molar-refractivity contribution is 6.05.